The number of hydrogen-bond donors (Lipinski definition) is 2. The fourth-order valence-electron chi connectivity index (χ4n) is 2.62. The first-order valence-corrected chi connectivity index (χ1v) is 7.36. The average molecular weight is 310 g/mol. The maximum Gasteiger partial charge on any atom is 0.341 e. The Balaban J connectivity index is 1.90. The van der Waals surface area contributed by atoms with E-state index in [-0.39, 0.29) is 25.1 Å². The maximum absolute atomic E-state index is 12.1. The highest BCUT2D eigenvalue weighted by atomic mass is 16.5. The minimum atomic E-state index is -0.458. The molecule has 0 saturated carbocycles. The molecule has 1 aliphatic rings. The predicted octanol–water partition coefficient (Wildman–Crippen LogP) is 1.29. The SMILES string of the molecule is COC(=O)c1cc(CNC(=O)N2CCC[C@@H](CO)C2)oc1C. The molecule has 1 aromatic rings. The normalized spacial score (nSPS) is 18.1. The molecule has 1 atom stereocenters. The Morgan fingerprint density at radius 1 is 1.55 bits per heavy atom. The Hall–Kier alpha value is -2.02. The van der Waals surface area contributed by atoms with E-state index in [0.717, 1.165) is 12.8 Å². The molecule has 1 fully saturated rings. The van der Waals surface area contributed by atoms with Crippen molar-refractivity contribution in [3.05, 3.63) is 23.2 Å². The number of nitrogens with zero attached hydrogens (tertiary/aromatic N) is 1. The molecule has 2 rings (SSSR count). The van der Waals surface area contributed by atoms with E-state index in [1.165, 1.54) is 7.11 Å². The Kier molecular flexibility index (Phi) is 5.43. The lowest BCUT2D eigenvalue weighted by Crippen LogP contribution is -2.45. The van der Waals surface area contributed by atoms with E-state index in [4.69, 9.17) is 4.42 Å². The monoisotopic (exact) mass is 310 g/mol. The van der Waals surface area contributed by atoms with E-state index in [2.05, 4.69) is 10.1 Å². The van der Waals surface area contributed by atoms with Crippen molar-refractivity contribution in [2.24, 2.45) is 5.92 Å². The molecule has 2 heterocycles. The molecule has 1 aromatic heterocycles. The van der Waals surface area contributed by atoms with Crippen LogP contribution in [-0.4, -0.2) is 48.8 Å². The zero-order chi connectivity index (χ0) is 16.1. The summed E-state index contributed by atoms with van der Waals surface area (Å²) < 4.78 is 10.1. The van der Waals surface area contributed by atoms with Gasteiger partial charge in [-0.15, -0.1) is 0 Å². The van der Waals surface area contributed by atoms with Gasteiger partial charge in [0.1, 0.15) is 17.1 Å². The van der Waals surface area contributed by atoms with Crippen LogP contribution in [0.3, 0.4) is 0 Å². The molecule has 2 N–H and O–H groups in total. The molecule has 0 radical (unpaired) electrons. The first kappa shape index (κ1) is 16.4. The van der Waals surface area contributed by atoms with Gasteiger partial charge in [-0.25, -0.2) is 9.59 Å². The van der Waals surface area contributed by atoms with E-state index >= 15 is 0 Å². The smallest absolute Gasteiger partial charge is 0.341 e. The van der Waals surface area contributed by atoms with Crippen LogP contribution in [0, 0.1) is 12.8 Å². The number of carbonyl (C=O) groups is 2. The van der Waals surface area contributed by atoms with Crippen molar-refractivity contribution < 1.29 is 23.8 Å². The number of furan rings is 1. The van der Waals surface area contributed by atoms with Gasteiger partial charge in [-0.3, -0.25) is 0 Å². The van der Waals surface area contributed by atoms with Crippen LogP contribution < -0.4 is 5.32 Å². The Bertz CT molecular complexity index is 540. The minimum Gasteiger partial charge on any atom is -0.465 e. The first-order valence-electron chi connectivity index (χ1n) is 7.36. The van der Waals surface area contributed by atoms with Crippen LogP contribution >= 0.6 is 0 Å². The van der Waals surface area contributed by atoms with Gasteiger partial charge in [-0.05, 0) is 31.7 Å². The summed E-state index contributed by atoms with van der Waals surface area (Å²) in [4.78, 5) is 25.3. The summed E-state index contributed by atoms with van der Waals surface area (Å²) in [6, 6.07) is 1.39. The molecule has 0 spiro atoms. The number of aliphatic hydroxyl groups excluding tert-OH is 1. The van der Waals surface area contributed by atoms with Crippen LogP contribution in [0.1, 0.15) is 34.7 Å². The number of methoxy groups -OCH3 is 1. The molecule has 0 bridgehead atoms. The van der Waals surface area contributed by atoms with Gasteiger partial charge in [-0.2, -0.15) is 0 Å². The van der Waals surface area contributed by atoms with Crippen molar-refractivity contribution in [1.82, 2.24) is 10.2 Å². The number of aliphatic hydroxyl groups is 1. The number of esters is 1. The molecule has 122 valence electrons. The maximum atomic E-state index is 12.1. The largest absolute Gasteiger partial charge is 0.465 e. The van der Waals surface area contributed by atoms with Crippen LogP contribution in [-0.2, 0) is 11.3 Å². The second kappa shape index (κ2) is 7.31. The highest BCUT2D eigenvalue weighted by Gasteiger charge is 2.23. The molecule has 22 heavy (non-hydrogen) atoms. The van der Waals surface area contributed by atoms with Gasteiger partial charge >= 0.3 is 12.0 Å². The topological polar surface area (TPSA) is 92.0 Å². The molecule has 0 unspecified atom stereocenters. The molecule has 7 heteroatoms. The van der Waals surface area contributed by atoms with Crippen molar-refractivity contribution in [3.63, 3.8) is 0 Å². The number of urea groups is 1. The average Bonchev–Trinajstić information content (AvgIpc) is 2.92. The van der Waals surface area contributed by atoms with Crippen molar-refractivity contribution in [2.45, 2.75) is 26.3 Å². The summed E-state index contributed by atoms with van der Waals surface area (Å²) >= 11 is 0. The van der Waals surface area contributed by atoms with Crippen LogP contribution in [0.2, 0.25) is 0 Å². The highest BCUT2D eigenvalue weighted by Crippen LogP contribution is 2.17. The third-order valence-electron chi connectivity index (χ3n) is 3.85. The van der Waals surface area contributed by atoms with Crippen molar-refractivity contribution in [2.75, 3.05) is 26.8 Å². The number of carbonyl (C=O) groups excluding carboxylic acids is 2. The summed E-state index contributed by atoms with van der Waals surface area (Å²) in [6.45, 7) is 3.23. The lowest BCUT2D eigenvalue weighted by Gasteiger charge is -2.31. The zero-order valence-corrected chi connectivity index (χ0v) is 12.9. The lowest BCUT2D eigenvalue weighted by molar-refractivity contribution is 0.0598. The van der Waals surface area contributed by atoms with Crippen molar-refractivity contribution in [3.8, 4) is 0 Å². The molecule has 0 aromatic carbocycles. The number of amides is 2. The first-order chi connectivity index (χ1) is 10.5. The van der Waals surface area contributed by atoms with Crippen LogP contribution in [0.4, 0.5) is 4.79 Å². The molecule has 7 nitrogen and oxygen atoms in total. The second-order valence-corrected chi connectivity index (χ2v) is 5.47. The third-order valence-corrected chi connectivity index (χ3v) is 3.85. The molecular weight excluding hydrogens is 288 g/mol. The quantitative estimate of drug-likeness (QED) is 0.818. The van der Waals surface area contributed by atoms with Gasteiger partial charge in [0.15, 0.2) is 0 Å². The van der Waals surface area contributed by atoms with Crippen molar-refractivity contribution >= 4 is 12.0 Å². The molecule has 1 aliphatic heterocycles. The summed E-state index contributed by atoms with van der Waals surface area (Å²) in [7, 11) is 1.31. The Labute approximate surface area is 129 Å². The lowest BCUT2D eigenvalue weighted by atomic mass is 9.99. The number of aryl methyl sites for hydroxylation is 1. The fourth-order valence-corrected chi connectivity index (χ4v) is 2.62. The van der Waals surface area contributed by atoms with E-state index < -0.39 is 5.97 Å². The fraction of sp³-hybridized carbons (Fsp3) is 0.600. The number of likely N-dealkylation sites (tertiary alicyclic amines) is 1. The zero-order valence-electron chi connectivity index (χ0n) is 12.9. The minimum absolute atomic E-state index is 0.101. The second-order valence-electron chi connectivity index (χ2n) is 5.47. The summed E-state index contributed by atoms with van der Waals surface area (Å²) in [5.41, 5.74) is 0.366. The molecule has 2 amide bonds. The van der Waals surface area contributed by atoms with Gasteiger partial charge in [0.25, 0.3) is 0 Å². The Morgan fingerprint density at radius 2 is 2.32 bits per heavy atom. The van der Waals surface area contributed by atoms with E-state index in [1.54, 1.807) is 17.9 Å². The van der Waals surface area contributed by atoms with E-state index in [9.17, 15) is 14.7 Å². The Morgan fingerprint density at radius 3 is 3.00 bits per heavy atom. The van der Waals surface area contributed by atoms with E-state index in [0.29, 0.717) is 30.2 Å². The number of rotatable bonds is 4. The van der Waals surface area contributed by atoms with Gasteiger partial charge in [0.05, 0.1) is 13.7 Å². The standard InChI is InChI=1S/C15H22N2O5/c1-10-13(14(19)21-2)6-12(22-10)7-16-15(20)17-5-3-4-11(8-17)9-18/h6,11,18H,3-5,7-9H2,1-2H3,(H,16,20)/t11-/m1/s1. The third kappa shape index (κ3) is 3.79. The van der Waals surface area contributed by atoms with Crippen molar-refractivity contribution in [1.29, 1.82) is 0 Å². The highest BCUT2D eigenvalue weighted by molar-refractivity contribution is 5.90. The number of piperidine rings is 1. The molecule has 1 saturated heterocycles. The van der Waals surface area contributed by atoms with Gasteiger partial charge in [0.2, 0.25) is 0 Å². The molecule has 0 aliphatic carbocycles. The van der Waals surface area contributed by atoms with Gasteiger partial charge < -0.3 is 24.5 Å². The number of ether oxygens (including phenoxy) is 1. The summed E-state index contributed by atoms with van der Waals surface area (Å²) in [5.74, 6) is 0.660. The van der Waals surface area contributed by atoms with Crippen LogP contribution in [0.5, 0.6) is 0 Å². The van der Waals surface area contributed by atoms with Crippen LogP contribution in [0.15, 0.2) is 10.5 Å². The van der Waals surface area contributed by atoms with Crippen LogP contribution in [0.25, 0.3) is 0 Å². The van der Waals surface area contributed by atoms with E-state index in [1.807, 2.05) is 0 Å². The predicted molar refractivity (Wildman–Crippen MR) is 78.4 cm³/mol. The van der Waals surface area contributed by atoms with Gasteiger partial charge in [-0.1, -0.05) is 0 Å². The number of hydrogen-bond acceptors (Lipinski definition) is 5. The summed E-state index contributed by atoms with van der Waals surface area (Å²) in [5, 5.41) is 12.0. The summed E-state index contributed by atoms with van der Waals surface area (Å²) in [6.07, 6.45) is 1.84. The molecular formula is C15H22N2O5. The number of nitrogens with one attached hydrogen (secondary N) is 1. The van der Waals surface area contributed by atoms with Gasteiger partial charge in [0, 0.05) is 19.7 Å².